The molecule has 0 radical (unpaired) electrons. The van der Waals surface area contributed by atoms with E-state index in [4.69, 9.17) is 11.6 Å². The van der Waals surface area contributed by atoms with Crippen LogP contribution in [0.3, 0.4) is 0 Å². The Labute approximate surface area is 170 Å². The molecule has 5 rings (SSSR count). The molecule has 4 nitrogen and oxygen atoms in total. The summed E-state index contributed by atoms with van der Waals surface area (Å²) in [6.07, 6.45) is 0.932. The van der Waals surface area contributed by atoms with Gasteiger partial charge in [-0.15, -0.1) is 0 Å². The van der Waals surface area contributed by atoms with Crippen molar-refractivity contribution in [1.82, 2.24) is 4.98 Å². The second-order valence-corrected chi connectivity index (χ2v) is 10.6. The Bertz CT molecular complexity index is 877. The molecule has 2 saturated carbocycles. The Kier molecular flexibility index (Phi) is 3.67. The van der Waals surface area contributed by atoms with Gasteiger partial charge >= 0.3 is 0 Å². The van der Waals surface area contributed by atoms with E-state index in [1.54, 1.807) is 6.07 Å². The van der Waals surface area contributed by atoms with Gasteiger partial charge in [0.1, 0.15) is 0 Å². The van der Waals surface area contributed by atoms with E-state index in [1.807, 2.05) is 13.0 Å². The lowest BCUT2D eigenvalue weighted by Gasteiger charge is -2.28. The van der Waals surface area contributed by atoms with E-state index in [0.29, 0.717) is 10.2 Å². The standard InChI is InChI=1S/C17H13Br2ClN2O2S/c1-5-2-10-9(4-8(5)20)21-17(25-10)22-15(23)11-6-3-7(12(11)16(22)24)14(19)13(6)18/h2,4,6-7,11-14H,3H2,1H3/t6-,7+,11+,12-,13-,14-/m0/s1. The molecule has 3 aliphatic rings. The van der Waals surface area contributed by atoms with Gasteiger partial charge in [0.2, 0.25) is 11.8 Å². The average Bonchev–Trinajstić information content (AvgIpc) is 3.26. The maximum Gasteiger partial charge on any atom is 0.239 e. The summed E-state index contributed by atoms with van der Waals surface area (Å²) in [7, 11) is 0. The van der Waals surface area contributed by atoms with E-state index in [-0.39, 0.29) is 45.1 Å². The van der Waals surface area contributed by atoms with Crippen molar-refractivity contribution in [2.75, 3.05) is 4.90 Å². The summed E-state index contributed by atoms with van der Waals surface area (Å²) in [5.41, 5.74) is 1.69. The van der Waals surface area contributed by atoms with Gasteiger partial charge in [-0.3, -0.25) is 9.59 Å². The van der Waals surface area contributed by atoms with Gasteiger partial charge in [0.05, 0.1) is 22.1 Å². The third-order valence-electron chi connectivity index (χ3n) is 5.84. The van der Waals surface area contributed by atoms with Crippen molar-refractivity contribution in [2.24, 2.45) is 23.7 Å². The highest BCUT2D eigenvalue weighted by molar-refractivity contribution is 9.12. The van der Waals surface area contributed by atoms with E-state index in [1.165, 1.54) is 16.2 Å². The first-order chi connectivity index (χ1) is 11.9. The monoisotopic (exact) mass is 502 g/mol. The van der Waals surface area contributed by atoms with Crippen LogP contribution in [0.2, 0.25) is 5.02 Å². The zero-order valence-corrected chi connectivity index (χ0v) is 17.8. The van der Waals surface area contributed by atoms with Crippen molar-refractivity contribution >= 4 is 82.0 Å². The number of hydrogen-bond acceptors (Lipinski definition) is 4. The minimum Gasteiger partial charge on any atom is -0.274 e. The van der Waals surface area contributed by atoms with E-state index in [9.17, 15) is 9.59 Å². The zero-order chi connectivity index (χ0) is 17.6. The van der Waals surface area contributed by atoms with Crippen LogP contribution in [0.1, 0.15) is 12.0 Å². The second-order valence-electron chi connectivity index (χ2n) is 7.08. The lowest BCUT2D eigenvalue weighted by molar-refractivity contribution is -0.123. The second kappa shape index (κ2) is 5.50. The molecule has 1 aromatic heterocycles. The van der Waals surface area contributed by atoms with E-state index in [2.05, 4.69) is 36.8 Å². The highest BCUT2D eigenvalue weighted by Crippen LogP contribution is 2.60. The average molecular weight is 505 g/mol. The lowest BCUT2D eigenvalue weighted by atomic mass is 9.81. The van der Waals surface area contributed by atoms with Crippen molar-refractivity contribution in [3.05, 3.63) is 22.7 Å². The van der Waals surface area contributed by atoms with Crippen molar-refractivity contribution in [2.45, 2.75) is 23.0 Å². The van der Waals surface area contributed by atoms with Gasteiger partial charge in [-0.05, 0) is 42.9 Å². The molecule has 2 amide bonds. The first kappa shape index (κ1) is 16.7. The number of imide groups is 1. The maximum absolute atomic E-state index is 13.1. The van der Waals surface area contributed by atoms with Crippen molar-refractivity contribution < 1.29 is 9.59 Å². The van der Waals surface area contributed by atoms with Gasteiger partial charge in [0.15, 0.2) is 5.13 Å². The SMILES string of the molecule is Cc1cc2sc(N3C(=O)[C@@H]4[C@@H]5C[C@@H]([C@H](Br)[C@H]5Br)[C@@H]4C3=O)nc2cc1Cl. The summed E-state index contributed by atoms with van der Waals surface area (Å²) < 4.78 is 0.939. The number of rotatable bonds is 1. The van der Waals surface area contributed by atoms with Crippen LogP contribution in [-0.4, -0.2) is 26.5 Å². The topological polar surface area (TPSA) is 50.3 Å². The van der Waals surface area contributed by atoms with Crippen LogP contribution in [-0.2, 0) is 9.59 Å². The molecule has 2 aliphatic carbocycles. The number of aryl methyl sites for hydroxylation is 1. The van der Waals surface area contributed by atoms with Gasteiger partial charge < -0.3 is 0 Å². The number of fused-ring (bicyclic) bond motifs is 6. The highest BCUT2D eigenvalue weighted by atomic mass is 79.9. The number of benzene rings is 1. The molecule has 1 aliphatic heterocycles. The Balaban J connectivity index is 1.58. The molecule has 6 atom stereocenters. The minimum atomic E-state index is -0.215. The van der Waals surface area contributed by atoms with Crippen molar-refractivity contribution in [1.29, 1.82) is 0 Å². The first-order valence-electron chi connectivity index (χ1n) is 8.11. The van der Waals surface area contributed by atoms with Crippen LogP contribution in [0.25, 0.3) is 10.2 Å². The minimum absolute atomic E-state index is 0.0896. The summed E-state index contributed by atoms with van der Waals surface area (Å²) in [5, 5.41) is 1.11. The molecule has 0 unspecified atom stereocenters. The summed E-state index contributed by atoms with van der Waals surface area (Å²) in [5.74, 6) is -0.179. The largest absolute Gasteiger partial charge is 0.274 e. The van der Waals surface area contributed by atoms with Crippen LogP contribution in [0.5, 0.6) is 0 Å². The third-order valence-corrected chi connectivity index (χ3v) is 10.5. The van der Waals surface area contributed by atoms with Crippen molar-refractivity contribution in [3.63, 3.8) is 0 Å². The first-order valence-corrected chi connectivity index (χ1v) is 11.1. The number of anilines is 1. The molecule has 0 spiro atoms. The summed E-state index contributed by atoms with van der Waals surface area (Å²) in [4.78, 5) is 32.5. The number of amides is 2. The van der Waals surface area contributed by atoms with E-state index in [0.717, 1.165) is 22.2 Å². The maximum atomic E-state index is 13.1. The Morgan fingerprint density at radius 3 is 2.36 bits per heavy atom. The van der Waals surface area contributed by atoms with E-state index >= 15 is 0 Å². The molecule has 1 saturated heterocycles. The lowest BCUT2D eigenvalue weighted by Crippen LogP contribution is -2.37. The molecule has 2 bridgehead atoms. The number of carbonyl (C=O) groups is 2. The molecule has 2 aromatic rings. The van der Waals surface area contributed by atoms with Gasteiger partial charge in [-0.2, -0.15) is 0 Å². The number of carbonyl (C=O) groups excluding carboxylic acids is 2. The normalized spacial score (nSPS) is 36.7. The van der Waals surface area contributed by atoms with Crippen LogP contribution < -0.4 is 4.90 Å². The summed E-state index contributed by atoms with van der Waals surface area (Å²) >= 11 is 15.0. The molecular formula is C17H13Br2ClN2O2S. The fourth-order valence-corrected chi connectivity index (χ4v) is 7.76. The van der Waals surface area contributed by atoms with Crippen LogP contribution in [0, 0.1) is 30.6 Å². The third kappa shape index (κ3) is 2.12. The fraction of sp³-hybridized carbons (Fsp3) is 0.471. The molecule has 25 heavy (non-hydrogen) atoms. The van der Waals surface area contributed by atoms with Crippen LogP contribution >= 0.6 is 54.8 Å². The number of nitrogens with zero attached hydrogens (tertiary/aromatic N) is 2. The smallest absolute Gasteiger partial charge is 0.239 e. The molecule has 2 heterocycles. The quantitative estimate of drug-likeness (QED) is 0.423. The number of thiazole rings is 1. The van der Waals surface area contributed by atoms with Gasteiger partial charge in [-0.1, -0.05) is 54.8 Å². The molecule has 130 valence electrons. The number of halogens is 3. The van der Waals surface area contributed by atoms with Crippen molar-refractivity contribution in [3.8, 4) is 0 Å². The predicted octanol–water partition coefficient (Wildman–Crippen LogP) is 4.54. The highest BCUT2D eigenvalue weighted by Gasteiger charge is 2.66. The van der Waals surface area contributed by atoms with Gasteiger partial charge in [-0.25, -0.2) is 9.88 Å². The molecule has 1 aromatic carbocycles. The zero-order valence-electron chi connectivity index (χ0n) is 13.1. The molecular weight excluding hydrogens is 492 g/mol. The Morgan fingerprint density at radius 1 is 1.16 bits per heavy atom. The Hall–Kier alpha value is -0.500. The fourth-order valence-electron chi connectivity index (χ4n) is 4.67. The summed E-state index contributed by atoms with van der Waals surface area (Å²) in [6, 6.07) is 3.75. The molecule has 0 N–H and O–H groups in total. The Morgan fingerprint density at radius 2 is 1.76 bits per heavy atom. The van der Waals surface area contributed by atoms with Crippen LogP contribution in [0.4, 0.5) is 5.13 Å². The summed E-state index contributed by atoms with van der Waals surface area (Å²) in [6.45, 7) is 1.93. The van der Waals surface area contributed by atoms with E-state index < -0.39 is 0 Å². The molecule has 8 heteroatoms. The number of hydrogen-bond donors (Lipinski definition) is 0. The number of alkyl halides is 2. The predicted molar refractivity (Wildman–Crippen MR) is 106 cm³/mol. The van der Waals surface area contributed by atoms with Crippen LogP contribution in [0.15, 0.2) is 12.1 Å². The molecule has 3 fully saturated rings. The van der Waals surface area contributed by atoms with Gasteiger partial charge in [0.25, 0.3) is 0 Å². The number of aromatic nitrogens is 1. The van der Waals surface area contributed by atoms with Gasteiger partial charge in [0, 0.05) is 14.7 Å².